The molecule has 0 saturated carbocycles. The van der Waals surface area contributed by atoms with Crippen molar-refractivity contribution in [1.82, 2.24) is 19.7 Å². The fraction of sp³-hybridized carbons (Fsp3) is 0.400. The predicted molar refractivity (Wildman–Crippen MR) is 117 cm³/mol. The van der Waals surface area contributed by atoms with E-state index in [4.69, 9.17) is 4.74 Å². The molecule has 0 aliphatic heterocycles. The third-order valence-electron chi connectivity index (χ3n) is 4.56. The summed E-state index contributed by atoms with van der Waals surface area (Å²) in [6, 6.07) is 6.28. The third-order valence-corrected chi connectivity index (χ3v) is 6.39. The number of carbonyl (C=O) groups excluding carboxylic acids is 1. The number of benzene rings is 1. The Morgan fingerprint density at radius 3 is 2.86 bits per heavy atom. The summed E-state index contributed by atoms with van der Waals surface area (Å²) in [5.41, 5.74) is 2.43. The van der Waals surface area contributed by atoms with Crippen LogP contribution in [0.2, 0.25) is 0 Å². The van der Waals surface area contributed by atoms with Crippen molar-refractivity contribution >= 4 is 34.1 Å². The number of rotatable bonds is 9. The molecule has 0 unspecified atom stereocenters. The second kappa shape index (κ2) is 9.89. The van der Waals surface area contributed by atoms with E-state index in [-0.39, 0.29) is 11.2 Å². The van der Waals surface area contributed by atoms with E-state index in [9.17, 15) is 4.79 Å². The molecule has 0 aliphatic carbocycles. The summed E-state index contributed by atoms with van der Waals surface area (Å²) < 4.78 is 7.28. The summed E-state index contributed by atoms with van der Waals surface area (Å²) in [7, 11) is 3.63. The minimum atomic E-state index is -0.295. The molecule has 0 aliphatic rings. The van der Waals surface area contributed by atoms with Crippen molar-refractivity contribution in [3.63, 3.8) is 0 Å². The lowest BCUT2D eigenvalue weighted by molar-refractivity contribution is -0.115. The highest BCUT2D eigenvalue weighted by Gasteiger charge is 2.19. The van der Waals surface area contributed by atoms with Gasteiger partial charge >= 0.3 is 0 Å². The number of aryl methyl sites for hydroxylation is 3. The number of ether oxygens (including phenoxy) is 1. The van der Waals surface area contributed by atoms with Gasteiger partial charge in [-0.15, -0.1) is 21.5 Å². The molecule has 7 nitrogen and oxygen atoms in total. The molecule has 0 saturated heterocycles. The molecular formula is C20H25N5O2S2. The minimum absolute atomic E-state index is 0.0932. The number of anilines is 1. The highest BCUT2D eigenvalue weighted by atomic mass is 32.2. The normalized spacial score (nSPS) is 12.0. The van der Waals surface area contributed by atoms with Crippen LogP contribution in [0.1, 0.15) is 30.3 Å². The van der Waals surface area contributed by atoms with Gasteiger partial charge in [-0.2, -0.15) is 0 Å². The molecular weight excluding hydrogens is 406 g/mol. The topological polar surface area (TPSA) is 81.9 Å². The Morgan fingerprint density at radius 1 is 1.34 bits per heavy atom. The Balaban J connectivity index is 1.52. The molecule has 1 amide bonds. The summed E-state index contributed by atoms with van der Waals surface area (Å²) in [5, 5.41) is 14.3. The zero-order valence-electron chi connectivity index (χ0n) is 17.0. The lowest BCUT2D eigenvalue weighted by atomic mass is 10.0. The van der Waals surface area contributed by atoms with E-state index in [0.29, 0.717) is 5.13 Å². The summed E-state index contributed by atoms with van der Waals surface area (Å²) in [6.45, 7) is 3.91. The van der Waals surface area contributed by atoms with Crippen molar-refractivity contribution in [2.24, 2.45) is 7.05 Å². The van der Waals surface area contributed by atoms with E-state index in [0.717, 1.165) is 41.6 Å². The number of methoxy groups -OCH3 is 1. The minimum Gasteiger partial charge on any atom is -0.496 e. The molecule has 0 fully saturated rings. The van der Waals surface area contributed by atoms with Crippen molar-refractivity contribution < 1.29 is 9.53 Å². The first kappa shape index (κ1) is 21.3. The summed E-state index contributed by atoms with van der Waals surface area (Å²) in [6.07, 6.45) is 4.43. The summed E-state index contributed by atoms with van der Waals surface area (Å²) >= 11 is 2.80. The highest BCUT2D eigenvalue weighted by Crippen LogP contribution is 2.24. The van der Waals surface area contributed by atoms with Crippen LogP contribution in [0, 0.1) is 6.92 Å². The van der Waals surface area contributed by atoms with Crippen LogP contribution >= 0.6 is 23.1 Å². The van der Waals surface area contributed by atoms with Gasteiger partial charge in [-0.1, -0.05) is 23.9 Å². The number of thioether (sulfide) groups is 1. The quantitative estimate of drug-likeness (QED) is 0.518. The summed E-state index contributed by atoms with van der Waals surface area (Å²) in [5.74, 6) is 1.74. The Bertz CT molecular complexity index is 956. The average molecular weight is 432 g/mol. The molecule has 1 N–H and O–H groups in total. The molecule has 3 aromatic rings. The van der Waals surface area contributed by atoms with Crippen LogP contribution in [-0.2, 0) is 24.7 Å². The zero-order valence-corrected chi connectivity index (χ0v) is 18.6. The fourth-order valence-corrected chi connectivity index (χ4v) is 4.28. The number of nitrogens with zero attached hydrogens (tertiary/aromatic N) is 4. The standard InChI is InChI=1S/C20H25N5O2S2/c1-13-12-15(8-9-16(13)27-4)6-5-7-17-23-24-20(25(17)3)29-14(2)18(26)22-19-21-10-11-28-19/h8-12,14H,5-7H2,1-4H3,(H,21,22,26)/t14-/m0/s1. The van der Waals surface area contributed by atoms with E-state index in [2.05, 4.69) is 39.6 Å². The van der Waals surface area contributed by atoms with E-state index in [1.165, 1.54) is 28.7 Å². The molecule has 1 aromatic carbocycles. The first-order valence-corrected chi connectivity index (χ1v) is 11.1. The van der Waals surface area contributed by atoms with Crippen LogP contribution in [0.15, 0.2) is 34.9 Å². The monoisotopic (exact) mass is 431 g/mol. The van der Waals surface area contributed by atoms with Gasteiger partial charge in [-0.3, -0.25) is 4.79 Å². The first-order valence-electron chi connectivity index (χ1n) is 9.36. The number of hydrogen-bond donors (Lipinski definition) is 1. The van der Waals surface area contributed by atoms with Crippen LogP contribution in [0.25, 0.3) is 0 Å². The van der Waals surface area contributed by atoms with Gasteiger partial charge in [-0.25, -0.2) is 4.98 Å². The molecule has 154 valence electrons. The lowest BCUT2D eigenvalue weighted by Crippen LogP contribution is -2.22. The van der Waals surface area contributed by atoms with Crippen molar-refractivity contribution in [3.8, 4) is 5.75 Å². The Kier molecular flexibility index (Phi) is 7.27. The Morgan fingerprint density at radius 2 is 2.17 bits per heavy atom. The first-order chi connectivity index (χ1) is 14.0. The van der Waals surface area contributed by atoms with Gasteiger partial charge in [-0.05, 0) is 43.9 Å². The molecule has 29 heavy (non-hydrogen) atoms. The van der Waals surface area contributed by atoms with Gasteiger partial charge in [0.2, 0.25) is 5.91 Å². The van der Waals surface area contributed by atoms with Crippen LogP contribution in [0.5, 0.6) is 5.75 Å². The molecule has 2 heterocycles. The molecule has 1 atom stereocenters. The van der Waals surface area contributed by atoms with Crippen molar-refractivity contribution in [2.75, 3.05) is 12.4 Å². The highest BCUT2D eigenvalue weighted by molar-refractivity contribution is 8.00. The van der Waals surface area contributed by atoms with Crippen LogP contribution in [0.3, 0.4) is 0 Å². The number of carbonyl (C=O) groups is 1. The smallest absolute Gasteiger partial charge is 0.239 e. The van der Waals surface area contributed by atoms with Gasteiger partial charge in [0, 0.05) is 25.0 Å². The molecule has 2 aromatic heterocycles. The van der Waals surface area contributed by atoms with Gasteiger partial charge in [0.15, 0.2) is 10.3 Å². The van der Waals surface area contributed by atoms with E-state index in [1.807, 2.05) is 30.0 Å². The van der Waals surface area contributed by atoms with Crippen molar-refractivity contribution in [2.45, 2.75) is 43.5 Å². The second-order valence-electron chi connectivity index (χ2n) is 6.70. The molecule has 0 bridgehead atoms. The van der Waals surface area contributed by atoms with E-state index in [1.54, 1.807) is 13.3 Å². The maximum atomic E-state index is 12.3. The van der Waals surface area contributed by atoms with Crippen LogP contribution in [0.4, 0.5) is 5.13 Å². The number of thiazole rings is 1. The predicted octanol–water partition coefficient (Wildman–Crippen LogP) is 3.88. The van der Waals surface area contributed by atoms with Crippen LogP contribution in [-0.4, -0.2) is 38.0 Å². The van der Waals surface area contributed by atoms with Gasteiger partial charge < -0.3 is 14.6 Å². The second-order valence-corrected chi connectivity index (χ2v) is 8.90. The number of nitrogens with one attached hydrogen (secondary N) is 1. The van der Waals surface area contributed by atoms with Gasteiger partial charge in [0.1, 0.15) is 11.6 Å². The molecule has 9 heteroatoms. The van der Waals surface area contributed by atoms with Crippen molar-refractivity contribution in [1.29, 1.82) is 0 Å². The lowest BCUT2D eigenvalue weighted by Gasteiger charge is -2.10. The van der Waals surface area contributed by atoms with Crippen LogP contribution < -0.4 is 10.1 Å². The number of aromatic nitrogens is 4. The third kappa shape index (κ3) is 5.57. The van der Waals surface area contributed by atoms with Crippen molar-refractivity contribution in [3.05, 3.63) is 46.7 Å². The maximum absolute atomic E-state index is 12.3. The molecule has 3 rings (SSSR count). The van der Waals surface area contributed by atoms with E-state index >= 15 is 0 Å². The number of amides is 1. The molecule has 0 radical (unpaired) electrons. The largest absolute Gasteiger partial charge is 0.496 e. The van der Waals surface area contributed by atoms with Gasteiger partial charge in [0.25, 0.3) is 0 Å². The Hall–Kier alpha value is -2.39. The zero-order chi connectivity index (χ0) is 20.8. The number of hydrogen-bond acceptors (Lipinski definition) is 7. The fourth-order valence-electron chi connectivity index (χ4n) is 2.92. The van der Waals surface area contributed by atoms with Gasteiger partial charge in [0.05, 0.1) is 12.4 Å². The Labute approximate surface area is 178 Å². The summed E-state index contributed by atoms with van der Waals surface area (Å²) in [4.78, 5) is 16.4. The van der Waals surface area contributed by atoms with E-state index < -0.39 is 0 Å². The molecule has 0 spiro atoms. The average Bonchev–Trinajstić information content (AvgIpc) is 3.33. The SMILES string of the molecule is COc1ccc(CCCc2nnc(S[C@@H](C)C(=O)Nc3nccs3)n2C)cc1C. The maximum Gasteiger partial charge on any atom is 0.239 e.